The predicted octanol–water partition coefficient (Wildman–Crippen LogP) is 3.29. The fraction of sp³-hybridized carbons (Fsp3) is 0.421. The SMILES string of the molecule is CCOc1c(Cl)cc(CN2CCNCC2c2ccncc2)cc1OC. The number of nitrogens with one attached hydrogen (secondary N) is 1. The molecule has 1 aromatic heterocycles. The lowest BCUT2D eigenvalue weighted by Crippen LogP contribution is -2.45. The minimum Gasteiger partial charge on any atom is -0.493 e. The molecule has 1 atom stereocenters. The van der Waals surface area contributed by atoms with Crippen LogP contribution < -0.4 is 14.8 Å². The summed E-state index contributed by atoms with van der Waals surface area (Å²) in [4.78, 5) is 6.58. The van der Waals surface area contributed by atoms with Crippen LogP contribution in [0.5, 0.6) is 11.5 Å². The van der Waals surface area contributed by atoms with Gasteiger partial charge in [0.1, 0.15) is 0 Å². The number of nitrogens with zero attached hydrogens (tertiary/aromatic N) is 2. The lowest BCUT2D eigenvalue weighted by atomic mass is 10.0. The van der Waals surface area contributed by atoms with Gasteiger partial charge in [-0.05, 0) is 42.3 Å². The molecule has 0 spiro atoms. The summed E-state index contributed by atoms with van der Waals surface area (Å²) in [6.07, 6.45) is 3.69. The number of piperazine rings is 1. The van der Waals surface area contributed by atoms with Crippen LogP contribution >= 0.6 is 11.6 Å². The van der Waals surface area contributed by atoms with E-state index in [4.69, 9.17) is 21.1 Å². The fourth-order valence-electron chi connectivity index (χ4n) is 3.23. The number of benzene rings is 1. The van der Waals surface area contributed by atoms with Gasteiger partial charge in [0.2, 0.25) is 0 Å². The minimum absolute atomic E-state index is 0.313. The maximum Gasteiger partial charge on any atom is 0.179 e. The first-order chi connectivity index (χ1) is 12.2. The first kappa shape index (κ1) is 18.0. The zero-order valence-corrected chi connectivity index (χ0v) is 15.4. The molecular formula is C19H24ClN3O2. The lowest BCUT2D eigenvalue weighted by Gasteiger charge is -2.36. The van der Waals surface area contributed by atoms with Gasteiger partial charge < -0.3 is 14.8 Å². The second kappa shape index (κ2) is 8.52. The monoisotopic (exact) mass is 361 g/mol. The first-order valence-electron chi connectivity index (χ1n) is 8.56. The Morgan fingerprint density at radius 2 is 2.12 bits per heavy atom. The molecule has 0 amide bonds. The van der Waals surface area contributed by atoms with Crippen molar-refractivity contribution in [1.29, 1.82) is 0 Å². The summed E-state index contributed by atoms with van der Waals surface area (Å²) in [5, 5.41) is 4.07. The third-order valence-corrected chi connectivity index (χ3v) is 4.69. The summed E-state index contributed by atoms with van der Waals surface area (Å²) in [6.45, 7) is 6.16. The molecule has 0 saturated carbocycles. The van der Waals surface area contributed by atoms with Gasteiger partial charge in [0.15, 0.2) is 11.5 Å². The number of hydrogen-bond donors (Lipinski definition) is 1. The zero-order chi connectivity index (χ0) is 17.6. The molecule has 1 aliphatic heterocycles. The minimum atomic E-state index is 0.313. The van der Waals surface area contributed by atoms with Crippen LogP contribution in [0.4, 0.5) is 0 Å². The van der Waals surface area contributed by atoms with E-state index in [1.807, 2.05) is 31.5 Å². The Balaban J connectivity index is 1.83. The zero-order valence-electron chi connectivity index (χ0n) is 14.7. The van der Waals surface area contributed by atoms with Gasteiger partial charge in [-0.15, -0.1) is 0 Å². The number of hydrogen-bond acceptors (Lipinski definition) is 5. The number of ether oxygens (including phenoxy) is 2. The molecule has 1 aliphatic rings. The predicted molar refractivity (Wildman–Crippen MR) is 99.4 cm³/mol. The van der Waals surface area contributed by atoms with Crippen molar-refractivity contribution < 1.29 is 9.47 Å². The Morgan fingerprint density at radius 3 is 2.84 bits per heavy atom. The van der Waals surface area contributed by atoms with Crippen LogP contribution in [0.2, 0.25) is 5.02 Å². The molecule has 1 saturated heterocycles. The van der Waals surface area contributed by atoms with E-state index in [9.17, 15) is 0 Å². The molecule has 2 aromatic rings. The average molecular weight is 362 g/mol. The van der Waals surface area contributed by atoms with Gasteiger partial charge in [-0.2, -0.15) is 0 Å². The van der Waals surface area contributed by atoms with Crippen LogP contribution in [0.1, 0.15) is 24.1 Å². The van der Waals surface area contributed by atoms with Crippen molar-refractivity contribution in [3.05, 3.63) is 52.8 Å². The molecular weight excluding hydrogens is 338 g/mol. The normalized spacial score (nSPS) is 18.1. The van der Waals surface area contributed by atoms with Crippen LogP contribution in [-0.2, 0) is 6.54 Å². The second-order valence-corrected chi connectivity index (χ2v) is 6.42. The van der Waals surface area contributed by atoms with E-state index in [1.54, 1.807) is 7.11 Å². The Kier molecular flexibility index (Phi) is 6.13. The van der Waals surface area contributed by atoms with Crippen LogP contribution in [0.25, 0.3) is 0 Å². The summed E-state index contributed by atoms with van der Waals surface area (Å²) in [5.74, 6) is 1.29. The Labute approximate surface area is 153 Å². The van der Waals surface area contributed by atoms with E-state index in [0.29, 0.717) is 29.2 Å². The summed E-state index contributed by atoms with van der Waals surface area (Å²) < 4.78 is 11.1. The van der Waals surface area contributed by atoms with Gasteiger partial charge in [-0.25, -0.2) is 0 Å². The number of halogens is 1. The molecule has 0 radical (unpaired) electrons. The van der Waals surface area contributed by atoms with Gasteiger partial charge in [0.25, 0.3) is 0 Å². The summed E-state index contributed by atoms with van der Waals surface area (Å²) in [5.41, 5.74) is 2.39. The number of aromatic nitrogens is 1. The Bertz CT molecular complexity index is 697. The number of methoxy groups -OCH3 is 1. The standard InChI is InChI=1S/C19H24ClN3O2/c1-3-25-19-16(20)10-14(11-18(19)24-2)13-23-9-8-22-12-17(23)15-4-6-21-7-5-15/h4-7,10-11,17,22H,3,8-9,12-13H2,1-2H3. The van der Waals surface area contributed by atoms with Gasteiger partial charge >= 0.3 is 0 Å². The highest BCUT2D eigenvalue weighted by molar-refractivity contribution is 6.32. The van der Waals surface area contributed by atoms with Crippen LogP contribution in [0.3, 0.4) is 0 Å². The van der Waals surface area contributed by atoms with Gasteiger partial charge in [0.05, 0.1) is 18.7 Å². The quantitative estimate of drug-likeness (QED) is 0.855. The van der Waals surface area contributed by atoms with E-state index in [0.717, 1.165) is 31.7 Å². The van der Waals surface area contributed by atoms with Crippen molar-refractivity contribution in [3.63, 3.8) is 0 Å². The van der Waals surface area contributed by atoms with Crippen molar-refractivity contribution >= 4 is 11.6 Å². The number of rotatable bonds is 6. The lowest BCUT2D eigenvalue weighted by molar-refractivity contribution is 0.153. The van der Waals surface area contributed by atoms with Crippen molar-refractivity contribution in [2.24, 2.45) is 0 Å². The van der Waals surface area contributed by atoms with E-state index in [2.05, 4.69) is 27.3 Å². The van der Waals surface area contributed by atoms with E-state index >= 15 is 0 Å². The van der Waals surface area contributed by atoms with Crippen LogP contribution in [-0.4, -0.2) is 43.2 Å². The molecule has 25 heavy (non-hydrogen) atoms. The van der Waals surface area contributed by atoms with E-state index in [-0.39, 0.29) is 0 Å². The largest absolute Gasteiger partial charge is 0.493 e. The van der Waals surface area contributed by atoms with Crippen LogP contribution in [0, 0.1) is 0 Å². The van der Waals surface area contributed by atoms with E-state index < -0.39 is 0 Å². The molecule has 6 heteroatoms. The third kappa shape index (κ3) is 4.24. The third-order valence-electron chi connectivity index (χ3n) is 4.41. The first-order valence-corrected chi connectivity index (χ1v) is 8.94. The highest BCUT2D eigenvalue weighted by atomic mass is 35.5. The molecule has 134 valence electrons. The molecule has 1 unspecified atom stereocenters. The highest BCUT2D eigenvalue weighted by Crippen LogP contribution is 2.37. The van der Waals surface area contributed by atoms with Gasteiger partial charge in [0, 0.05) is 44.6 Å². The average Bonchev–Trinajstić information content (AvgIpc) is 2.65. The van der Waals surface area contributed by atoms with E-state index in [1.165, 1.54) is 5.56 Å². The molecule has 5 nitrogen and oxygen atoms in total. The maximum atomic E-state index is 6.42. The van der Waals surface area contributed by atoms with Crippen molar-refractivity contribution in [1.82, 2.24) is 15.2 Å². The molecule has 0 bridgehead atoms. The molecule has 0 aliphatic carbocycles. The van der Waals surface area contributed by atoms with Crippen molar-refractivity contribution in [2.75, 3.05) is 33.4 Å². The summed E-state index contributed by atoms with van der Waals surface area (Å²) >= 11 is 6.42. The van der Waals surface area contributed by atoms with Gasteiger partial charge in [-0.3, -0.25) is 9.88 Å². The molecule has 1 fully saturated rings. The van der Waals surface area contributed by atoms with Crippen molar-refractivity contribution in [2.45, 2.75) is 19.5 Å². The van der Waals surface area contributed by atoms with Gasteiger partial charge in [-0.1, -0.05) is 11.6 Å². The summed E-state index contributed by atoms with van der Waals surface area (Å²) in [6, 6.07) is 8.46. The molecule has 1 aromatic carbocycles. The fourth-order valence-corrected chi connectivity index (χ4v) is 3.52. The molecule has 1 N–H and O–H groups in total. The Hall–Kier alpha value is -1.82. The highest BCUT2D eigenvalue weighted by Gasteiger charge is 2.24. The molecule has 3 rings (SSSR count). The number of pyridine rings is 1. The Morgan fingerprint density at radius 1 is 1.32 bits per heavy atom. The van der Waals surface area contributed by atoms with Crippen LogP contribution in [0.15, 0.2) is 36.7 Å². The summed E-state index contributed by atoms with van der Waals surface area (Å²) in [7, 11) is 1.64. The maximum absolute atomic E-state index is 6.42. The molecule has 2 heterocycles. The second-order valence-electron chi connectivity index (χ2n) is 6.01. The van der Waals surface area contributed by atoms with Crippen molar-refractivity contribution in [3.8, 4) is 11.5 Å². The smallest absolute Gasteiger partial charge is 0.179 e. The topological polar surface area (TPSA) is 46.6 Å².